The number of carbonyl (C=O) groups is 1. The minimum absolute atomic E-state index is 0.245. The summed E-state index contributed by atoms with van der Waals surface area (Å²) in [6.45, 7) is 0.671. The van der Waals surface area contributed by atoms with E-state index in [2.05, 4.69) is 0 Å². The maximum atomic E-state index is 12.7. The summed E-state index contributed by atoms with van der Waals surface area (Å²) in [5.41, 5.74) is 0. The number of ether oxygens (including phenoxy) is 1. The van der Waals surface area contributed by atoms with Crippen LogP contribution in [0, 0.1) is 5.82 Å². The SMILES string of the molecule is O=C(O)CCCCCCCCCCOc1ccc(F)cc1. The summed E-state index contributed by atoms with van der Waals surface area (Å²) >= 11 is 0. The number of hydrogen-bond donors (Lipinski definition) is 1. The van der Waals surface area contributed by atoms with Crippen LogP contribution in [0.3, 0.4) is 0 Å². The van der Waals surface area contributed by atoms with Gasteiger partial charge in [-0.15, -0.1) is 0 Å². The van der Waals surface area contributed by atoms with Gasteiger partial charge in [0.2, 0.25) is 0 Å². The van der Waals surface area contributed by atoms with E-state index in [4.69, 9.17) is 9.84 Å². The van der Waals surface area contributed by atoms with Gasteiger partial charge in [-0.3, -0.25) is 4.79 Å². The summed E-state index contributed by atoms with van der Waals surface area (Å²) in [4.78, 5) is 10.3. The third kappa shape index (κ3) is 9.88. The minimum atomic E-state index is -0.698. The Morgan fingerprint density at radius 3 is 2.00 bits per heavy atom. The average molecular weight is 296 g/mol. The number of hydrogen-bond acceptors (Lipinski definition) is 2. The van der Waals surface area contributed by atoms with Gasteiger partial charge in [0.1, 0.15) is 11.6 Å². The topological polar surface area (TPSA) is 46.5 Å². The predicted molar refractivity (Wildman–Crippen MR) is 81.1 cm³/mol. The molecule has 1 N–H and O–H groups in total. The molecule has 0 bridgehead atoms. The summed E-state index contributed by atoms with van der Waals surface area (Å²) in [5.74, 6) is -0.225. The van der Waals surface area contributed by atoms with Crippen LogP contribution in [0.1, 0.15) is 57.8 Å². The Hall–Kier alpha value is -1.58. The van der Waals surface area contributed by atoms with E-state index < -0.39 is 5.97 Å². The highest BCUT2D eigenvalue weighted by atomic mass is 19.1. The van der Waals surface area contributed by atoms with E-state index in [1.165, 1.54) is 31.4 Å². The van der Waals surface area contributed by atoms with Crippen LogP contribution in [0.4, 0.5) is 4.39 Å². The monoisotopic (exact) mass is 296 g/mol. The van der Waals surface area contributed by atoms with Gasteiger partial charge >= 0.3 is 5.97 Å². The molecule has 0 radical (unpaired) electrons. The van der Waals surface area contributed by atoms with Crippen molar-refractivity contribution < 1.29 is 19.0 Å². The van der Waals surface area contributed by atoms with E-state index in [0.29, 0.717) is 13.0 Å². The van der Waals surface area contributed by atoms with E-state index in [9.17, 15) is 9.18 Å². The van der Waals surface area contributed by atoms with Gasteiger partial charge in [0, 0.05) is 6.42 Å². The van der Waals surface area contributed by atoms with Crippen LogP contribution in [0.5, 0.6) is 5.75 Å². The number of unbranched alkanes of at least 4 members (excludes halogenated alkanes) is 7. The Morgan fingerprint density at radius 2 is 1.43 bits per heavy atom. The molecule has 0 aliphatic heterocycles. The maximum Gasteiger partial charge on any atom is 0.303 e. The standard InChI is InChI=1S/C17H25FO3/c18-15-10-12-16(13-11-15)21-14-8-6-4-2-1-3-5-7-9-17(19)20/h10-13H,1-9,14H2,(H,19,20). The molecule has 0 heterocycles. The highest BCUT2D eigenvalue weighted by Gasteiger charge is 1.97. The molecule has 0 aromatic heterocycles. The fourth-order valence-corrected chi connectivity index (χ4v) is 2.16. The number of carboxylic acid groups (broad SMARTS) is 1. The molecule has 0 spiro atoms. The lowest BCUT2D eigenvalue weighted by Crippen LogP contribution is -1.97. The van der Waals surface area contributed by atoms with E-state index in [1.54, 1.807) is 12.1 Å². The van der Waals surface area contributed by atoms with E-state index >= 15 is 0 Å². The predicted octanol–water partition coefficient (Wildman–Crippen LogP) is 4.80. The molecule has 1 rings (SSSR count). The van der Waals surface area contributed by atoms with Crippen molar-refractivity contribution in [1.29, 1.82) is 0 Å². The van der Waals surface area contributed by atoms with Crippen molar-refractivity contribution in [3.63, 3.8) is 0 Å². The quantitative estimate of drug-likeness (QED) is 0.563. The molecule has 118 valence electrons. The lowest BCUT2D eigenvalue weighted by molar-refractivity contribution is -0.137. The molecule has 0 unspecified atom stereocenters. The lowest BCUT2D eigenvalue weighted by atomic mass is 10.1. The van der Waals surface area contributed by atoms with Crippen molar-refractivity contribution >= 4 is 5.97 Å². The van der Waals surface area contributed by atoms with Crippen molar-refractivity contribution in [2.24, 2.45) is 0 Å². The molecule has 1 aromatic rings. The number of aliphatic carboxylic acids is 1. The van der Waals surface area contributed by atoms with Gasteiger partial charge in [-0.2, -0.15) is 0 Å². The minimum Gasteiger partial charge on any atom is -0.494 e. The van der Waals surface area contributed by atoms with Gasteiger partial charge in [0.05, 0.1) is 6.61 Å². The molecular formula is C17H25FO3. The van der Waals surface area contributed by atoms with Crippen LogP contribution >= 0.6 is 0 Å². The first-order valence-corrected chi connectivity index (χ1v) is 7.78. The molecule has 1 aromatic carbocycles. The summed E-state index contributed by atoms with van der Waals surface area (Å²) < 4.78 is 18.2. The molecule has 0 amide bonds. The molecule has 0 fully saturated rings. The Kier molecular flexibility index (Phi) is 9.25. The van der Waals surface area contributed by atoms with Crippen LogP contribution < -0.4 is 4.74 Å². The number of halogens is 1. The van der Waals surface area contributed by atoms with Crippen molar-refractivity contribution in [2.45, 2.75) is 57.8 Å². The summed E-state index contributed by atoms with van der Waals surface area (Å²) in [7, 11) is 0. The Bertz CT molecular complexity index is 390. The second kappa shape index (κ2) is 11.1. The molecule has 0 atom stereocenters. The molecular weight excluding hydrogens is 271 g/mol. The lowest BCUT2D eigenvalue weighted by Gasteiger charge is -2.06. The molecule has 0 saturated carbocycles. The normalized spacial score (nSPS) is 10.5. The first kappa shape index (κ1) is 17.5. The summed E-state index contributed by atoms with van der Waals surface area (Å²) in [6, 6.07) is 6.10. The van der Waals surface area contributed by atoms with Crippen LogP contribution in [-0.4, -0.2) is 17.7 Å². The largest absolute Gasteiger partial charge is 0.494 e. The Labute approximate surface area is 126 Å². The zero-order valence-corrected chi connectivity index (χ0v) is 12.5. The van der Waals surface area contributed by atoms with Gasteiger partial charge in [-0.1, -0.05) is 38.5 Å². The van der Waals surface area contributed by atoms with Gasteiger partial charge in [-0.05, 0) is 37.1 Å². The highest BCUT2D eigenvalue weighted by Crippen LogP contribution is 2.13. The molecule has 0 saturated heterocycles. The zero-order valence-electron chi connectivity index (χ0n) is 12.5. The van der Waals surface area contributed by atoms with Crippen molar-refractivity contribution in [3.05, 3.63) is 30.1 Å². The van der Waals surface area contributed by atoms with Crippen molar-refractivity contribution in [3.8, 4) is 5.75 Å². The Morgan fingerprint density at radius 1 is 0.905 bits per heavy atom. The third-order valence-corrected chi connectivity index (χ3v) is 3.37. The first-order chi connectivity index (χ1) is 10.2. The number of carboxylic acids is 1. The summed E-state index contributed by atoms with van der Waals surface area (Å²) in [6.07, 6.45) is 8.93. The van der Waals surface area contributed by atoms with Crippen LogP contribution in [-0.2, 0) is 4.79 Å². The number of benzene rings is 1. The molecule has 21 heavy (non-hydrogen) atoms. The molecule has 4 heteroatoms. The fraction of sp³-hybridized carbons (Fsp3) is 0.588. The van der Waals surface area contributed by atoms with Crippen molar-refractivity contribution in [2.75, 3.05) is 6.61 Å². The third-order valence-electron chi connectivity index (χ3n) is 3.37. The first-order valence-electron chi connectivity index (χ1n) is 7.78. The smallest absolute Gasteiger partial charge is 0.303 e. The number of rotatable bonds is 12. The average Bonchev–Trinajstić information content (AvgIpc) is 2.46. The Balaban J connectivity index is 1.84. The second-order valence-corrected chi connectivity index (χ2v) is 5.27. The van der Waals surface area contributed by atoms with Gasteiger partial charge < -0.3 is 9.84 Å². The zero-order chi connectivity index (χ0) is 15.3. The fourth-order valence-electron chi connectivity index (χ4n) is 2.16. The highest BCUT2D eigenvalue weighted by molar-refractivity contribution is 5.66. The van der Waals surface area contributed by atoms with Crippen LogP contribution in [0.2, 0.25) is 0 Å². The summed E-state index contributed by atoms with van der Waals surface area (Å²) in [5, 5.41) is 8.50. The second-order valence-electron chi connectivity index (χ2n) is 5.27. The van der Waals surface area contributed by atoms with Crippen molar-refractivity contribution in [1.82, 2.24) is 0 Å². The van der Waals surface area contributed by atoms with Crippen LogP contribution in [0.25, 0.3) is 0 Å². The molecule has 0 aliphatic carbocycles. The van der Waals surface area contributed by atoms with Gasteiger partial charge in [0.25, 0.3) is 0 Å². The van der Waals surface area contributed by atoms with Gasteiger partial charge in [-0.25, -0.2) is 4.39 Å². The molecule has 0 aliphatic rings. The van der Waals surface area contributed by atoms with E-state index in [1.807, 2.05) is 0 Å². The maximum absolute atomic E-state index is 12.7. The van der Waals surface area contributed by atoms with E-state index in [0.717, 1.165) is 37.9 Å². The van der Waals surface area contributed by atoms with E-state index in [-0.39, 0.29) is 5.82 Å². The molecule has 3 nitrogen and oxygen atoms in total. The van der Waals surface area contributed by atoms with Crippen LogP contribution in [0.15, 0.2) is 24.3 Å². The van der Waals surface area contributed by atoms with Gasteiger partial charge in [0.15, 0.2) is 0 Å².